The number of rotatable bonds is 6. The van der Waals surface area contributed by atoms with Crippen molar-refractivity contribution in [2.75, 3.05) is 11.9 Å². The molecule has 6 heteroatoms. The van der Waals surface area contributed by atoms with Gasteiger partial charge >= 0.3 is 5.97 Å². The van der Waals surface area contributed by atoms with Crippen LogP contribution in [0, 0.1) is 0 Å². The molecule has 0 aliphatic carbocycles. The first kappa shape index (κ1) is 16.2. The highest BCUT2D eigenvalue weighted by molar-refractivity contribution is 6.04. The number of para-hydroxylation sites is 1. The van der Waals surface area contributed by atoms with Crippen LogP contribution in [0.25, 0.3) is 6.08 Å². The predicted molar refractivity (Wildman–Crippen MR) is 83.8 cm³/mol. The third-order valence-electron chi connectivity index (χ3n) is 2.85. The van der Waals surface area contributed by atoms with Crippen LogP contribution in [0.1, 0.15) is 23.0 Å². The summed E-state index contributed by atoms with van der Waals surface area (Å²) in [5, 5.41) is 2.54. The molecule has 1 heterocycles. The van der Waals surface area contributed by atoms with Gasteiger partial charge in [0.25, 0.3) is 5.91 Å². The van der Waals surface area contributed by atoms with Gasteiger partial charge in [0.1, 0.15) is 5.76 Å². The monoisotopic (exact) mass is 313 g/mol. The van der Waals surface area contributed by atoms with E-state index in [4.69, 9.17) is 9.15 Å². The molecule has 0 spiro atoms. The van der Waals surface area contributed by atoms with Crippen molar-refractivity contribution >= 4 is 29.4 Å². The second-order valence-electron chi connectivity index (χ2n) is 4.61. The van der Waals surface area contributed by atoms with Gasteiger partial charge in [-0.3, -0.25) is 9.59 Å². The third-order valence-corrected chi connectivity index (χ3v) is 2.85. The molecule has 0 aliphatic rings. The number of nitrogens with one attached hydrogen (secondary N) is 1. The van der Waals surface area contributed by atoms with Gasteiger partial charge < -0.3 is 14.5 Å². The molecule has 0 radical (unpaired) electrons. The number of hydrogen-bond donors (Lipinski definition) is 1. The van der Waals surface area contributed by atoms with E-state index in [1.54, 1.807) is 36.4 Å². The molecule has 1 aromatic heterocycles. The van der Waals surface area contributed by atoms with Crippen LogP contribution < -0.4 is 5.32 Å². The fraction of sp³-hybridized carbons (Fsp3) is 0.118. The number of furan rings is 1. The van der Waals surface area contributed by atoms with Crippen LogP contribution in [0.15, 0.2) is 53.2 Å². The largest absolute Gasteiger partial charge is 0.465 e. The fourth-order valence-corrected chi connectivity index (χ4v) is 1.81. The number of ether oxygens (including phenoxy) is 1. The number of carbonyl (C=O) groups is 3. The van der Waals surface area contributed by atoms with E-state index in [2.05, 4.69) is 5.32 Å². The highest BCUT2D eigenvalue weighted by atomic mass is 16.5. The molecule has 23 heavy (non-hydrogen) atoms. The van der Waals surface area contributed by atoms with E-state index >= 15 is 0 Å². The van der Waals surface area contributed by atoms with Crippen LogP contribution >= 0.6 is 0 Å². The smallest absolute Gasteiger partial charge is 0.331 e. The van der Waals surface area contributed by atoms with Gasteiger partial charge in [0.15, 0.2) is 12.4 Å². The molecule has 1 N–H and O–H groups in total. The van der Waals surface area contributed by atoms with Crippen molar-refractivity contribution in [3.05, 3.63) is 60.1 Å². The fourth-order valence-electron chi connectivity index (χ4n) is 1.81. The summed E-state index contributed by atoms with van der Waals surface area (Å²) in [7, 11) is 0. The van der Waals surface area contributed by atoms with E-state index in [9.17, 15) is 14.4 Å². The molecule has 0 bridgehead atoms. The van der Waals surface area contributed by atoms with E-state index in [1.165, 1.54) is 19.3 Å². The molecule has 0 saturated heterocycles. The van der Waals surface area contributed by atoms with Crippen molar-refractivity contribution in [3.63, 3.8) is 0 Å². The van der Waals surface area contributed by atoms with Gasteiger partial charge in [-0.15, -0.1) is 0 Å². The van der Waals surface area contributed by atoms with Gasteiger partial charge in [-0.2, -0.15) is 0 Å². The molecule has 0 unspecified atom stereocenters. The first-order valence-corrected chi connectivity index (χ1v) is 6.84. The molecule has 0 atom stereocenters. The summed E-state index contributed by atoms with van der Waals surface area (Å²) in [6.07, 6.45) is 4.08. The minimum Gasteiger partial charge on any atom is -0.465 e. The lowest BCUT2D eigenvalue weighted by atomic mass is 10.1. The summed E-state index contributed by atoms with van der Waals surface area (Å²) in [4.78, 5) is 34.7. The highest BCUT2D eigenvalue weighted by Crippen LogP contribution is 2.15. The van der Waals surface area contributed by atoms with Crippen LogP contribution in [-0.2, 0) is 14.3 Å². The predicted octanol–water partition coefficient (Wildman–Crippen LogP) is 2.68. The van der Waals surface area contributed by atoms with Gasteiger partial charge in [-0.05, 0) is 37.3 Å². The Morgan fingerprint density at radius 3 is 2.65 bits per heavy atom. The molecule has 0 aliphatic heterocycles. The second-order valence-corrected chi connectivity index (χ2v) is 4.61. The van der Waals surface area contributed by atoms with Crippen molar-refractivity contribution in [2.24, 2.45) is 0 Å². The number of hydrogen-bond acceptors (Lipinski definition) is 5. The molecule has 6 nitrogen and oxygen atoms in total. The summed E-state index contributed by atoms with van der Waals surface area (Å²) in [6, 6.07) is 9.97. The quantitative estimate of drug-likeness (QED) is 0.503. The zero-order chi connectivity index (χ0) is 16.7. The first-order valence-electron chi connectivity index (χ1n) is 6.84. The lowest BCUT2D eigenvalue weighted by Gasteiger charge is -2.08. The van der Waals surface area contributed by atoms with Crippen molar-refractivity contribution in [2.45, 2.75) is 6.92 Å². The van der Waals surface area contributed by atoms with Crippen LogP contribution in [0.5, 0.6) is 0 Å². The molecule has 118 valence electrons. The molecule has 1 amide bonds. The Kier molecular flexibility index (Phi) is 5.46. The number of amides is 1. The second kappa shape index (κ2) is 7.74. The van der Waals surface area contributed by atoms with E-state index in [1.807, 2.05) is 0 Å². The van der Waals surface area contributed by atoms with E-state index in [-0.39, 0.29) is 5.78 Å². The summed E-state index contributed by atoms with van der Waals surface area (Å²) in [5.41, 5.74) is 0.775. The van der Waals surface area contributed by atoms with Crippen molar-refractivity contribution < 1.29 is 23.5 Å². The average molecular weight is 313 g/mol. The van der Waals surface area contributed by atoms with E-state index in [0.717, 1.165) is 6.08 Å². The Hall–Kier alpha value is -3.15. The minimum atomic E-state index is -0.670. The highest BCUT2D eigenvalue weighted by Gasteiger charge is 2.10. The molecule has 2 rings (SSSR count). The number of Topliss-reactive ketones (excluding diaryl/α,β-unsaturated/α-hetero) is 1. The Bertz CT molecular complexity index is 731. The average Bonchev–Trinajstić information content (AvgIpc) is 3.04. The lowest BCUT2D eigenvalue weighted by molar-refractivity contribution is -0.142. The maximum Gasteiger partial charge on any atom is 0.331 e. The third kappa shape index (κ3) is 4.96. The van der Waals surface area contributed by atoms with Crippen molar-refractivity contribution in [3.8, 4) is 0 Å². The molecule has 2 aromatic rings. The van der Waals surface area contributed by atoms with Crippen LogP contribution in [0.2, 0.25) is 0 Å². The number of anilines is 1. The maximum absolute atomic E-state index is 11.8. The summed E-state index contributed by atoms with van der Waals surface area (Å²) < 4.78 is 9.83. The Morgan fingerprint density at radius 2 is 1.96 bits per heavy atom. The van der Waals surface area contributed by atoms with E-state index in [0.29, 0.717) is 17.0 Å². The lowest BCUT2D eigenvalue weighted by Crippen LogP contribution is -2.21. The topological polar surface area (TPSA) is 85.6 Å². The Morgan fingerprint density at radius 1 is 1.17 bits per heavy atom. The summed E-state index contributed by atoms with van der Waals surface area (Å²) >= 11 is 0. The normalized spacial score (nSPS) is 10.5. The number of ketones is 1. The number of esters is 1. The Labute approximate surface area is 132 Å². The maximum atomic E-state index is 11.8. The van der Waals surface area contributed by atoms with Crippen molar-refractivity contribution in [1.82, 2.24) is 0 Å². The standard InChI is InChI=1S/C17H15NO5/c1-12(19)14-6-2-3-7-15(14)18-16(20)11-23-17(21)9-8-13-5-4-10-22-13/h2-10H,11H2,1H3,(H,18,20)/b9-8+. The molecular formula is C17H15NO5. The summed E-state index contributed by atoms with van der Waals surface area (Å²) in [5.74, 6) is -0.865. The van der Waals surface area contributed by atoms with Gasteiger partial charge in [0.2, 0.25) is 0 Å². The van der Waals surface area contributed by atoms with Gasteiger partial charge in [-0.25, -0.2) is 4.79 Å². The van der Waals surface area contributed by atoms with Crippen LogP contribution in [0.4, 0.5) is 5.69 Å². The molecule has 1 aromatic carbocycles. The van der Waals surface area contributed by atoms with E-state index < -0.39 is 18.5 Å². The van der Waals surface area contributed by atoms with Crippen molar-refractivity contribution in [1.29, 1.82) is 0 Å². The number of carbonyl (C=O) groups excluding carboxylic acids is 3. The van der Waals surface area contributed by atoms with Crippen LogP contribution in [0.3, 0.4) is 0 Å². The van der Waals surface area contributed by atoms with Gasteiger partial charge in [0, 0.05) is 11.6 Å². The SMILES string of the molecule is CC(=O)c1ccccc1NC(=O)COC(=O)/C=C/c1ccco1. The number of benzene rings is 1. The molecule has 0 saturated carbocycles. The zero-order valence-electron chi connectivity index (χ0n) is 12.4. The Balaban J connectivity index is 1.86. The minimum absolute atomic E-state index is 0.167. The molecular weight excluding hydrogens is 298 g/mol. The van der Waals surface area contributed by atoms with Gasteiger partial charge in [0.05, 0.1) is 12.0 Å². The van der Waals surface area contributed by atoms with Crippen LogP contribution in [-0.4, -0.2) is 24.3 Å². The summed E-state index contributed by atoms with van der Waals surface area (Å²) in [6.45, 7) is 0.956. The zero-order valence-corrected chi connectivity index (χ0v) is 12.4. The first-order chi connectivity index (χ1) is 11.1. The molecule has 0 fully saturated rings. The van der Waals surface area contributed by atoms with Gasteiger partial charge in [-0.1, -0.05) is 12.1 Å².